The number of amides is 2. The second-order valence-corrected chi connectivity index (χ2v) is 8.56. The number of carbonyl (C=O) groups is 2. The summed E-state index contributed by atoms with van der Waals surface area (Å²) in [6.07, 6.45) is 2.39. The zero-order valence-electron chi connectivity index (χ0n) is 19.6. The number of nitrogens with zero attached hydrogens (tertiary/aromatic N) is 2. The van der Waals surface area contributed by atoms with Crippen LogP contribution in [0.1, 0.15) is 37.4 Å². The fourth-order valence-electron chi connectivity index (χ4n) is 4.05. The number of rotatable bonds is 7. The van der Waals surface area contributed by atoms with Crippen molar-refractivity contribution in [3.05, 3.63) is 94.5 Å². The summed E-state index contributed by atoms with van der Waals surface area (Å²) in [7, 11) is 2.10. The molecule has 1 heterocycles. The van der Waals surface area contributed by atoms with Crippen LogP contribution in [0, 0.1) is 0 Å². The minimum Gasteiger partial charge on any atom is -0.348 e. The van der Waals surface area contributed by atoms with E-state index in [1.807, 2.05) is 18.2 Å². The standard InChI is InChI=1S/C26H29N7O2/c1-32-11-10-19-8-9-23(13-22(19)16-32)31-26(35)20-5-2-4-18(12-20)15-29-25(34)21-6-3-7-24(14-21)33(28)17-30-27/h2-9,12-14,17H,10-11,15-16,27-28H2,1H3,(H2,29,31,34,35)/p+1. The summed E-state index contributed by atoms with van der Waals surface area (Å²) in [4.78, 5) is 27.8. The third-order valence-corrected chi connectivity index (χ3v) is 5.93. The van der Waals surface area contributed by atoms with Crippen molar-refractivity contribution in [2.75, 3.05) is 18.9 Å². The van der Waals surface area contributed by atoms with Gasteiger partial charge in [-0.25, -0.2) is 5.43 Å². The summed E-state index contributed by atoms with van der Waals surface area (Å²) in [6, 6.07) is 20.1. The monoisotopic (exact) mass is 472 g/mol. The van der Waals surface area contributed by atoms with Crippen LogP contribution in [0.4, 0.5) is 11.4 Å². The normalized spacial score (nSPS) is 13.6. The Morgan fingerprint density at radius 1 is 1.00 bits per heavy atom. The number of hydrazine groups is 2. The highest BCUT2D eigenvalue weighted by molar-refractivity contribution is 6.04. The maximum atomic E-state index is 12.9. The number of hydrogen-bond donors (Lipinski definition) is 5. The average molecular weight is 473 g/mol. The van der Waals surface area contributed by atoms with Crippen molar-refractivity contribution in [1.82, 2.24) is 15.6 Å². The molecule has 0 fully saturated rings. The average Bonchev–Trinajstić information content (AvgIpc) is 2.87. The number of hydrazone groups is 1. The molecule has 0 radical (unpaired) electrons. The second kappa shape index (κ2) is 10.8. The molecule has 0 aliphatic carbocycles. The Balaban J connectivity index is 1.39. The predicted molar refractivity (Wildman–Crippen MR) is 136 cm³/mol. The van der Waals surface area contributed by atoms with Crippen molar-refractivity contribution in [3.8, 4) is 0 Å². The number of likely N-dealkylation sites (N-methyl/N-ethyl adjacent to an activating group) is 1. The predicted octanol–water partition coefficient (Wildman–Crippen LogP) is 1.87. The van der Waals surface area contributed by atoms with Gasteiger partial charge in [0.2, 0.25) is 0 Å². The van der Waals surface area contributed by atoms with E-state index in [4.69, 9.17) is 11.7 Å². The van der Waals surface area contributed by atoms with Crippen LogP contribution in [0.5, 0.6) is 0 Å². The summed E-state index contributed by atoms with van der Waals surface area (Å²) in [6.45, 7) is 2.20. The van der Waals surface area contributed by atoms with Crippen LogP contribution in [-0.4, -0.2) is 41.3 Å². The van der Waals surface area contributed by atoms with Crippen LogP contribution in [0.25, 0.3) is 0 Å². The quantitative estimate of drug-likeness (QED) is 0.117. The van der Waals surface area contributed by atoms with Crippen LogP contribution in [-0.2, 0) is 19.5 Å². The molecule has 0 saturated heterocycles. The smallest absolute Gasteiger partial charge is 0.278 e. The van der Waals surface area contributed by atoms with Gasteiger partial charge in [0.25, 0.3) is 18.2 Å². The van der Waals surface area contributed by atoms with Crippen LogP contribution in [0.15, 0.2) is 66.7 Å². The van der Waals surface area contributed by atoms with Gasteiger partial charge in [-0.3, -0.25) is 15.4 Å². The van der Waals surface area contributed by atoms with Crippen molar-refractivity contribution >= 4 is 29.5 Å². The lowest BCUT2D eigenvalue weighted by molar-refractivity contribution is -0.449. The highest BCUT2D eigenvalue weighted by atomic mass is 16.2. The van der Waals surface area contributed by atoms with E-state index in [0.29, 0.717) is 16.8 Å². The van der Waals surface area contributed by atoms with Gasteiger partial charge >= 0.3 is 0 Å². The minimum atomic E-state index is -0.255. The minimum absolute atomic E-state index is 0.192. The zero-order valence-corrected chi connectivity index (χ0v) is 19.6. The van der Waals surface area contributed by atoms with Gasteiger partial charge in [0.05, 0.1) is 0 Å². The second-order valence-electron chi connectivity index (χ2n) is 8.56. The highest BCUT2D eigenvalue weighted by Gasteiger charge is 2.15. The van der Waals surface area contributed by atoms with Gasteiger partial charge in [-0.05, 0) is 66.6 Å². The molecule has 2 amide bonds. The molecule has 9 nitrogen and oxygen atoms in total. The first-order chi connectivity index (χ1) is 16.9. The largest absolute Gasteiger partial charge is 0.348 e. The Kier molecular flexibility index (Phi) is 7.39. The Morgan fingerprint density at radius 3 is 2.57 bits per heavy atom. The Labute approximate surface area is 204 Å². The molecule has 3 aromatic rings. The van der Waals surface area contributed by atoms with Gasteiger partial charge in [0.15, 0.2) is 5.69 Å². The molecule has 180 valence electrons. The maximum Gasteiger partial charge on any atom is 0.278 e. The topological polar surface area (TPSA) is 129 Å². The van der Waals surface area contributed by atoms with Gasteiger partial charge in [-0.1, -0.05) is 24.3 Å². The molecule has 4 rings (SSSR count). The molecule has 0 bridgehead atoms. The van der Waals surface area contributed by atoms with Gasteiger partial charge in [-0.15, -0.1) is 4.68 Å². The molecule has 9 heteroatoms. The van der Waals surface area contributed by atoms with E-state index in [1.165, 1.54) is 22.1 Å². The molecule has 35 heavy (non-hydrogen) atoms. The van der Waals surface area contributed by atoms with Gasteiger partial charge < -0.3 is 15.5 Å². The number of hydrogen-bond acceptors (Lipinski definition) is 5. The van der Waals surface area contributed by atoms with E-state index in [9.17, 15) is 9.59 Å². The molecule has 0 atom stereocenters. The zero-order chi connectivity index (χ0) is 24.8. The number of nitrogens with one attached hydrogen (secondary N) is 3. The third kappa shape index (κ3) is 6.03. The number of nitrogens with two attached hydrogens (primary N) is 2. The molecule has 0 spiro atoms. The number of benzene rings is 3. The molecule has 1 aliphatic rings. The first-order valence-corrected chi connectivity index (χ1v) is 11.4. The van der Waals surface area contributed by atoms with Crippen LogP contribution in [0.3, 0.4) is 0 Å². The van der Waals surface area contributed by atoms with Crippen molar-refractivity contribution in [1.29, 1.82) is 0 Å². The van der Waals surface area contributed by atoms with E-state index in [1.54, 1.807) is 42.5 Å². The number of anilines is 1. The fourth-order valence-corrected chi connectivity index (χ4v) is 4.05. The van der Waals surface area contributed by atoms with E-state index in [2.05, 4.69) is 34.1 Å². The van der Waals surface area contributed by atoms with Gasteiger partial charge in [0, 0.05) is 42.5 Å². The molecular weight excluding hydrogens is 442 g/mol. The fraction of sp³-hybridized carbons (Fsp3) is 0.192. The van der Waals surface area contributed by atoms with Gasteiger partial charge in [-0.2, -0.15) is 5.84 Å². The summed E-state index contributed by atoms with van der Waals surface area (Å²) in [5.41, 5.74) is 8.09. The lowest BCUT2D eigenvalue weighted by atomic mass is 9.99. The molecule has 0 saturated carbocycles. The molecular formula is C26H30N7O2+. The first-order valence-electron chi connectivity index (χ1n) is 11.4. The molecule has 3 aromatic carbocycles. The van der Waals surface area contributed by atoms with Crippen LogP contribution >= 0.6 is 0 Å². The first kappa shape index (κ1) is 23.9. The van der Waals surface area contributed by atoms with Crippen molar-refractivity contribution in [2.24, 2.45) is 11.7 Å². The Morgan fingerprint density at radius 2 is 1.77 bits per heavy atom. The van der Waals surface area contributed by atoms with E-state index in [0.717, 1.165) is 30.8 Å². The lowest BCUT2D eigenvalue weighted by Gasteiger charge is -2.25. The third-order valence-electron chi connectivity index (χ3n) is 5.93. The summed E-state index contributed by atoms with van der Waals surface area (Å²) >= 11 is 0. The molecule has 0 aromatic heterocycles. The molecule has 7 N–H and O–H groups in total. The Bertz CT molecular complexity index is 1270. The van der Waals surface area contributed by atoms with E-state index < -0.39 is 0 Å². The summed E-state index contributed by atoms with van der Waals surface area (Å²) in [5, 5.41) is 5.87. The van der Waals surface area contributed by atoms with E-state index >= 15 is 0 Å². The van der Waals surface area contributed by atoms with Crippen LogP contribution < -0.4 is 27.7 Å². The van der Waals surface area contributed by atoms with Crippen molar-refractivity contribution in [2.45, 2.75) is 19.5 Å². The Hall–Kier alpha value is -4.21. The lowest BCUT2D eigenvalue weighted by Crippen LogP contribution is -2.29. The van der Waals surface area contributed by atoms with Crippen molar-refractivity contribution in [3.63, 3.8) is 0 Å². The molecule has 1 aliphatic heterocycles. The SMILES string of the molecule is CN1CCc2ccc(NC(=O)c3cccc(CNC(=O)c4cccc([N+](N)=CNN)c4)c3)cc2C1. The number of fused-ring (bicyclic) bond motifs is 1. The van der Waals surface area contributed by atoms with Crippen molar-refractivity contribution < 1.29 is 14.3 Å². The molecule has 0 unspecified atom stereocenters. The highest BCUT2D eigenvalue weighted by Crippen LogP contribution is 2.22. The maximum absolute atomic E-state index is 12.9. The summed E-state index contributed by atoms with van der Waals surface area (Å²) < 4.78 is 1.28. The number of carbonyl (C=O) groups excluding carboxylic acids is 2. The van der Waals surface area contributed by atoms with Gasteiger partial charge in [0.1, 0.15) is 0 Å². The van der Waals surface area contributed by atoms with E-state index in [-0.39, 0.29) is 18.4 Å². The summed E-state index contributed by atoms with van der Waals surface area (Å²) in [5.74, 6) is 10.6. The van der Waals surface area contributed by atoms with Crippen LogP contribution in [0.2, 0.25) is 0 Å².